The Bertz CT molecular complexity index is 781. The Hall–Kier alpha value is -2.41. The third-order valence-electron chi connectivity index (χ3n) is 4.79. The molecule has 122 valence electrons. The van der Waals surface area contributed by atoms with E-state index < -0.39 is 0 Å². The lowest BCUT2D eigenvalue weighted by Crippen LogP contribution is -2.26. The molecule has 0 radical (unpaired) electrons. The van der Waals surface area contributed by atoms with Crippen molar-refractivity contribution in [3.05, 3.63) is 77.4 Å². The Balaban J connectivity index is 2.08. The van der Waals surface area contributed by atoms with Crippen molar-refractivity contribution in [1.29, 1.82) is 0 Å². The van der Waals surface area contributed by atoms with Gasteiger partial charge in [-0.05, 0) is 22.3 Å². The number of ketones is 1. The van der Waals surface area contributed by atoms with Crippen molar-refractivity contribution in [3.63, 3.8) is 0 Å². The number of rotatable bonds is 4. The first-order chi connectivity index (χ1) is 11.6. The molecular weight excluding hydrogens is 292 g/mol. The fourth-order valence-electron chi connectivity index (χ4n) is 3.44. The highest BCUT2D eigenvalue weighted by molar-refractivity contribution is 5.94. The van der Waals surface area contributed by atoms with Gasteiger partial charge in [0.1, 0.15) is 5.78 Å². The standard InChI is InChI=1S/C23H24O/c1-16(2)23(24)17(3)20-14-13-19-11-7-8-12-21(19)22(20)15-18-9-5-4-6-10-18/h4-17,20H,1-3H3/b22-15-. The van der Waals surface area contributed by atoms with Gasteiger partial charge in [-0.25, -0.2) is 0 Å². The summed E-state index contributed by atoms with van der Waals surface area (Å²) in [5, 5.41) is 0. The van der Waals surface area contributed by atoms with Crippen molar-refractivity contribution in [1.82, 2.24) is 0 Å². The van der Waals surface area contributed by atoms with Crippen LogP contribution in [0.25, 0.3) is 17.7 Å². The summed E-state index contributed by atoms with van der Waals surface area (Å²) in [4.78, 5) is 12.6. The molecule has 0 spiro atoms. The first kappa shape index (κ1) is 16.4. The van der Waals surface area contributed by atoms with Gasteiger partial charge >= 0.3 is 0 Å². The van der Waals surface area contributed by atoms with Gasteiger partial charge in [0, 0.05) is 17.8 Å². The van der Waals surface area contributed by atoms with Gasteiger partial charge in [0.25, 0.3) is 0 Å². The number of fused-ring (bicyclic) bond motifs is 1. The van der Waals surface area contributed by atoms with Crippen molar-refractivity contribution in [2.45, 2.75) is 20.8 Å². The molecule has 0 heterocycles. The van der Waals surface area contributed by atoms with Crippen molar-refractivity contribution in [2.24, 2.45) is 17.8 Å². The van der Waals surface area contributed by atoms with E-state index >= 15 is 0 Å². The zero-order valence-corrected chi connectivity index (χ0v) is 14.6. The number of Topliss-reactive ketones (excluding diaryl/α,β-unsaturated/α-hetero) is 1. The minimum atomic E-state index is -0.0235. The molecule has 1 aliphatic rings. The van der Waals surface area contributed by atoms with E-state index in [9.17, 15) is 4.79 Å². The molecule has 2 unspecified atom stereocenters. The van der Waals surface area contributed by atoms with E-state index in [0.717, 1.165) is 0 Å². The second-order valence-corrected chi connectivity index (χ2v) is 6.83. The van der Waals surface area contributed by atoms with Crippen molar-refractivity contribution < 1.29 is 4.79 Å². The Morgan fingerprint density at radius 3 is 2.33 bits per heavy atom. The SMILES string of the molecule is CC(C)C(=O)C(C)C1C=Cc2ccccc2/C1=C\c1ccccc1. The Morgan fingerprint density at radius 1 is 0.958 bits per heavy atom. The van der Waals surface area contributed by atoms with E-state index in [0.29, 0.717) is 5.78 Å². The topological polar surface area (TPSA) is 17.1 Å². The maximum atomic E-state index is 12.6. The van der Waals surface area contributed by atoms with Gasteiger partial charge in [-0.2, -0.15) is 0 Å². The van der Waals surface area contributed by atoms with E-state index in [1.54, 1.807) is 0 Å². The third-order valence-corrected chi connectivity index (χ3v) is 4.79. The minimum Gasteiger partial charge on any atom is -0.299 e. The summed E-state index contributed by atoms with van der Waals surface area (Å²) < 4.78 is 0. The number of hydrogen-bond donors (Lipinski definition) is 0. The second-order valence-electron chi connectivity index (χ2n) is 6.83. The molecule has 0 saturated heterocycles. The van der Waals surface area contributed by atoms with Gasteiger partial charge in [-0.15, -0.1) is 0 Å². The molecular formula is C23H24O. The van der Waals surface area contributed by atoms with E-state index in [1.165, 1.54) is 22.3 Å². The summed E-state index contributed by atoms with van der Waals surface area (Å²) in [7, 11) is 0. The zero-order valence-electron chi connectivity index (χ0n) is 14.6. The number of benzene rings is 2. The Kier molecular flexibility index (Phi) is 4.80. The first-order valence-corrected chi connectivity index (χ1v) is 8.66. The highest BCUT2D eigenvalue weighted by Crippen LogP contribution is 2.39. The first-order valence-electron chi connectivity index (χ1n) is 8.66. The molecule has 2 atom stereocenters. The lowest BCUT2D eigenvalue weighted by Gasteiger charge is -2.29. The molecule has 2 aromatic rings. The van der Waals surface area contributed by atoms with Gasteiger partial charge in [0.2, 0.25) is 0 Å². The van der Waals surface area contributed by atoms with Gasteiger partial charge in [0.15, 0.2) is 0 Å². The zero-order chi connectivity index (χ0) is 17.1. The minimum absolute atomic E-state index is 0.0235. The van der Waals surface area contributed by atoms with Crippen LogP contribution in [0.2, 0.25) is 0 Å². The van der Waals surface area contributed by atoms with Crippen LogP contribution >= 0.6 is 0 Å². The number of hydrogen-bond acceptors (Lipinski definition) is 1. The molecule has 0 aromatic heterocycles. The van der Waals surface area contributed by atoms with Crippen LogP contribution in [0, 0.1) is 17.8 Å². The van der Waals surface area contributed by atoms with Gasteiger partial charge in [-0.3, -0.25) is 4.79 Å². The van der Waals surface area contributed by atoms with Crippen LogP contribution in [0.5, 0.6) is 0 Å². The number of allylic oxidation sites excluding steroid dienone is 2. The van der Waals surface area contributed by atoms with Gasteiger partial charge in [0.05, 0.1) is 0 Å². The average Bonchev–Trinajstić information content (AvgIpc) is 2.61. The largest absolute Gasteiger partial charge is 0.299 e. The lowest BCUT2D eigenvalue weighted by atomic mass is 9.74. The second kappa shape index (κ2) is 7.00. The summed E-state index contributed by atoms with van der Waals surface area (Å²) >= 11 is 0. The van der Waals surface area contributed by atoms with E-state index in [-0.39, 0.29) is 17.8 Å². The van der Waals surface area contributed by atoms with Gasteiger partial charge < -0.3 is 0 Å². The molecule has 1 aliphatic carbocycles. The monoisotopic (exact) mass is 316 g/mol. The fourth-order valence-corrected chi connectivity index (χ4v) is 3.44. The molecule has 0 bridgehead atoms. The van der Waals surface area contributed by atoms with Crippen LogP contribution in [0.1, 0.15) is 37.5 Å². The predicted molar refractivity (Wildman–Crippen MR) is 102 cm³/mol. The maximum Gasteiger partial charge on any atom is 0.139 e. The Labute approximate surface area is 144 Å². The highest BCUT2D eigenvalue weighted by atomic mass is 16.1. The normalized spacial score (nSPS) is 19.3. The summed E-state index contributed by atoms with van der Waals surface area (Å²) in [6.07, 6.45) is 6.59. The fraction of sp³-hybridized carbons (Fsp3) is 0.261. The third kappa shape index (κ3) is 3.26. The van der Waals surface area contributed by atoms with Crippen LogP contribution in [0.15, 0.2) is 60.7 Å². The quantitative estimate of drug-likeness (QED) is 0.704. The average molecular weight is 316 g/mol. The van der Waals surface area contributed by atoms with Crippen LogP contribution in [0.4, 0.5) is 0 Å². The maximum absolute atomic E-state index is 12.6. The summed E-state index contributed by atoms with van der Waals surface area (Å²) in [5.74, 6) is 0.478. The van der Waals surface area contributed by atoms with Crippen molar-refractivity contribution in [2.75, 3.05) is 0 Å². The summed E-state index contributed by atoms with van der Waals surface area (Å²) in [6, 6.07) is 18.8. The van der Waals surface area contributed by atoms with E-state index in [2.05, 4.69) is 73.7 Å². The van der Waals surface area contributed by atoms with Gasteiger partial charge in [-0.1, -0.05) is 93.6 Å². The molecule has 0 fully saturated rings. The van der Waals surface area contributed by atoms with Crippen LogP contribution in [0.3, 0.4) is 0 Å². The highest BCUT2D eigenvalue weighted by Gasteiger charge is 2.29. The molecule has 1 heteroatoms. The summed E-state index contributed by atoms with van der Waals surface area (Å²) in [5.41, 5.74) is 4.87. The molecule has 2 aromatic carbocycles. The Morgan fingerprint density at radius 2 is 1.62 bits per heavy atom. The van der Waals surface area contributed by atoms with E-state index in [4.69, 9.17) is 0 Å². The van der Waals surface area contributed by atoms with Crippen molar-refractivity contribution in [3.8, 4) is 0 Å². The lowest BCUT2D eigenvalue weighted by molar-refractivity contribution is -0.125. The smallest absolute Gasteiger partial charge is 0.139 e. The van der Waals surface area contributed by atoms with Crippen molar-refractivity contribution >= 4 is 23.5 Å². The molecule has 1 nitrogen and oxygen atoms in total. The van der Waals surface area contributed by atoms with E-state index in [1.807, 2.05) is 19.9 Å². The molecule has 0 saturated carbocycles. The molecule has 0 amide bonds. The molecule has 24 heavy (non-hydrogen) atoms. The number of carbonyl (C=O) groups excluding carboxylic acids is 1. The summed E-state index contributed by atoms with van der Waals surface area (Å²) in [6.45, 7) is 6.03. The molecule has 3 rings (SSSR count). The van der Waals surface area contributed by atoms with Crippen LogP contribution < -0.4 is 0 Å². The molecule has 0 aliphatic heterocycles. The molecule has 0 N–H and O–H groups in total. The number of carbonyl (C=O) groups is 1. The van der Waals surface area contributed by atoms with Crippen LogP contribution in [-0.2, 0) is 4.79 Å². The van der Waals surface area contributed by atoms with Crippen LogP contribution in [-0.4, -0.2) is 5.78 Å². The predicted octanol–water partition coefficient (Wildman–Crippen LogP) is 5.73.